The fourth-order valence-electron chi connectivity index (χ4n) is 3.29. The minimum atomic E-state index is -0.200. The van der Waals surface area contributed by atoms with E-state index in [-0.39, 0.29) is 17.7 Å². The fourth-order valence-corrected chi connectivity index (χ4v) is 4.10. The van der Waals surface area contributed by atoms with Crippen molar-refractivity contribution in [3.63, 3.8) is 0 Å². The lowest BCUT2D eigenvalue weighted by Gasteiger charge is -2.20. The van der Waals surface area contributed by atoms with Crippen LogP contribution < -0.4 is 5.32 Å². The SMILES string of the molecule is Cc1nnc(SCC(=O)NC(c2ccccc2)c2ccccc2)n1-c1ccccc1. The van der Waals surface area contributed by atoms with Crippen molar-refractivity contribution in [2.45, 2.75) is 18.1 Å². The maximum Gasteiger partial charge on any atom is 0.231 e. The van der Waals surface area contributed by atoms with E-state index in [1.54, 1.807) is 0 Å². The van der Waals surface area contributed by atoms with E-state index in [0.29, 0.717) is 5.16 Å². The molecule has 0 saturated heterocycles. The van der Waals surface area contributed by atoms with Crippen LogP contribution in [0.5, 0.6) is 0 Å². The maximum atomic E-state index is 12.8. The summed E-state index contributed by atoms with van der Waals surface area (Å²) in [6.45, 7) is 1.91. The zero-order valence-electron chi connectivity index (χ0n) is 16.6. The molecule has 0 aliphatic heterocycles. The van der Waals surface area contributed by atoms with Gasteiger partial charge in [0.05, 0.1) is 11.8 Å². The molecule has 1 aromatic heterocycles. The highest BCUT2D eigenvalue weighted by atomic mass is 32.2. The normalized spacial score (nSPS) is 10.9. The Kier molecular flexibility index (Phi) is 6.25. The van der Waals surface area contributed by atoms with Crippen LogP contribution in [-0.2, 0) is 4.79 Å². The molecule has 0 aliphatic rings. The van der Waals surface area contributed by atoms with E-state index in [4.69, 9.17) is 0 Å². The first-order chi connectivity index (χ1) is 14.7. The van der Waals surface area contributed by atoms with Gasteiger partial charge in [-0.1, -0.05) is 90.6 Å². The van der Waals surface area contributed by atoms with Crippen LogP contribution in [0.4, 0.5) is 0 Å². The summed E-state index contributed by atoms with van der Waals surface area (Å²) < 4.78 is 1.96. The molecule has 0 aliphatic carbocycles. The van der Waals surface area contributed by atoms with Crippen LogP contribution in [0.3, 0.4) is 0 Å². The lowest BCUT2D eigenvalue weighted by atomic mass is 9.99. The van der Waals surface area contributed by atoms with Gasteiger partial charge in [0.1, 0.15) is 5.82 Å². The molecule has 1 N–H and O–H groups in total. The van der Waals surface area contributed by atoms with Gasteiger partial charge in [-0.15, -0.1) is 10.2 Å². The van der Waals surface area contributed by atoms with Crippen LogP contribution in [0.2, 0.25) is 0 Å². The summed E-state index contributed by atoms with van der Waals surface area (Å²) in [5, 5.41) is 12.3. The topological polar surface area (TPSA) is 59.8 Å². The Bertz CT molecular complexity index is 1060. The average molecular weight is 415 g/mol. The second kappa shape index (κ2) is 9.41. The predicted molar refractivity (Wildman–Crippen MR) is 120 cm³/mol. The molecular weight excluding hydrogens is 392 g/mol. The third-order valence-electron chi connectivity index (χ3n) is 4.71. The summed E-state index contributed by atoms with van der Waals surface area (Å²) in [5.74, 6) is 0.981. The summed E-state index contributed by atoms with van der Waals surface area (Å²) in [4.78, 5) is 12.8. The smallest absolute Gasteiger partial charge is 0.231 e. The van der Waals surface area contributed by atoms with Crippen LogP contribution in [0.1, 0.15) is 23.0 Å². The second-order valence-electron chi connectivity index (χ2n) is 6.81. The number of rotatable bonds is 7. The number of nitrogens with zero attached hydrogens (tertiary/aromatic N) is 3. The predicted octanol–water partition coefficient (Wildman–Crippen LogP) is 4.57. The summed E-state index contributed by atoms with van der Waals surface area (Å²) in [5.41, 5.74) is 3.07. The van der Waals surface area contributed by atoms with Gasteiger partial charge in [0.2, 0.25) is 5.91 Å². The van der Waals surface area contributed by atoms with Crippen LogP contribution in [-0.4, -0.2) is 26.4 Å². The number of amides is 1. The molecule has 0 spiro atoms. The number of aromatic nitrogens is 3. The van der Waals surface area contributed by atoms with E-state index < -0.39 is 0 Å². The van der Waals surface area contributed by atoms with Gasteiger partial charge in [-0.05, 0) is 30.2 Å². The van der Waals surface area contributed by atoms with Crippen LogP contribution >= 0.6 is 11.8 Å². The molecule has 0 fully saturated rings. The summed E-state index contributed by atoms with van der Waals surface area (Å²) in [6.07, 6.45) is 0. The van der Waals surface area contributed by atoms with E-state index in [2.05, 4.69) is 15.5 Å². The standard InChI is InChI=1S/C24H22N4OS/c1-18-26-27-24(28(18)21-15-9-4-10-16-21)30-17-22(29)25-23(19-11-5-2-6-12-19)20-13-7-3-8-14-20/h2-16,23H,17H2,1H3,(H,25,29). The largest absolute Gasteiger partial charge is 0.344 e. The molecule has 150 valence electrons. The number of para-hydroxylation sites is 1. The molecule has 0 unspecified atom stereocenters. The van der Waals surface area contributed by atoms with Gasteiger partial charge in [-0.25, -0.2) is 0 Å². The number of hydrogen-bond donors (Lipinski definition) is 1. The van der Waals surface area contributed by atoms with E-state index in [1.807, 2.05) is 102 Å². The number of nitrogens with one attached hydrogen (secondary N) is 1. The minimum Gasteiger partial charge on any atom is -0.344 e. The van der Waals surface area contributed by atoms with Crippen molar-refractivity contribution in [3.8, 4) is 5.69 Å². The van der Waals surface area contributed by atoms with Crippen molar-refractivity contribution in [1.29, 1.82) is 0 Å². The number of aryl methyl sites for hydroxylation is 1. The van der Waals surface area contributed by atoms with Crippen molar-refractivity contribution in [2.75, 3.05) is 5.75 Å². The zero-order chi connectivity index (χ0) is 20.8. The molecule has 0 bridgehead atoms. The Morgan fingerprint density at radius 2 is 1.40 bits per heavy atom. The monoisotopic (exact) mass is 414 g/mol. The first-order valence-corrected chi connectivity index (χ1v) is 10.7. The Morgan fingerprint density at radius 3 is 1.97 bits per heavy atom. The molecule has 6 heteroatoms. The fraction of sp³-hybridized carbons (Fsp3) is 0.125. The molecule has 0 saturated carbocycles. The summed E-state index contributed by atoms with van der Waals surface area (Å²) in [7, 11) is 0. The van der Waals surface area contributed by atoms with Crippen molar-refractivity contribution in [2.24, 2.45) is 0 Å². The van der Waals surface area contributed by atoms with E-state index in [1.165, 1.54) is 11.8 Å². The average Bonchev–Trinajstić information content (AvgIpc) is 3.18. The maximum absolute atomic E-state index is 12.8. The van der Waals surface area contributed by atoms with Crippen LogP contribution in [0, 0.1) is 6.92 Å². The molecule has 1 amide bonds. The second-order valence-corrected chi connectivity index (χ2v) is 7.75. The number of hydrogen-bond acceptors (Lipinski definition) is 4. The molecule has 30 heavy (non-hydrogen) atoms. The third kappa shape index (κ3) is 4.60. The van der Waals surface area contributed by atoms with E-state index >= 15 is 0 Å². The first kappa shape index (κ1) is 19.9. The summed E-state index contributed by atoms with van der Waals surface area (Å²) in [6, 6.07) is 29.7. The lowest BCUT2D eigenvalue weighted by Crippen LogP contribution is -2.30. The Balaban J connectivity index is 1.49. The van der Waals surface area contributed by atoms with Gasteiger partial charge in [0.15, 0.2) is 5.16 Å². The Hall–Kier alpha value is -3.38. The molecule has 4 rings (SSSR count). The van der Waals surface area contributed by atoms with Crippen molar-refractivity contribution in [1.82, 2.24) is 20.1 Å². The molecular formula is C24H22N4OS. The first-order valence-electron chi connectivity index (χ1n) is 9.72. The number of benzene rings is 3. The van der Waals surface area contributed by atoms with Gasteiger partial charge in [-0.3, -0.25) is 9.36 Å². The number of carbonyl (C=O) groups excluding carboxylic acids is 1. The quantitative estimate of drug-likeness (QED) is 0.450. The molecule has 1 heterocycles. The highest BCUT2D eigenvalue weighted by molar-refractivity contribution is 7.99. The van der Waals surface area contributed by atoms with Crippen molar-refractivity contribution in [3.05, 3.63) is 108 Å². The summed E-state index contributed by atoms with van der Waals surface area (Å²) >= 11 is 1.38. The van der Waals surface area contributed by atoms with Crippen LogP contribution in [0.15, 0.2) is 96.2 Å². The van der Waals surface area contributed by atoms with Gasteiger partial charge in [-0.2, -0.15) is 0 Å². The number of carbonyl (C=O) groups is 1. The van der Waals surface area contributed by atoms with Crippen LogP contribution in [0.25, 0.3) is 5.69 Å². The van der Waals surface area contributed by atoms with Crippen molar-refractivity contribution < 1.29 is 4.79 Å². The molecule has 4 aromatic rings. The molecule has 0 atom stereocenters. The molecule has 0 radical (unpaired) electrons. The Morgan fingerprint density at radius 1 is 0.867 bits per heavy atom. The van der Waals surface area contributed by atoms with E-state index in [0.717, 1.165) is 22.6 Å². The van der Waals surface area contributed by atoms with E-state index in [9.17, 15) is 4.79 Å². The zero-order valence-corrected chi connectivity index (χ0v) is 17.4. The minimum absolute atomic E-state index is 0.0574. The Labute approximate surface area is 180 Å². The molecule has 5 nitrogen and oxygen atoms in total. The highest BCUT2D eigenvalue weighted by Gasteiger charge is 2.18. The number of thioether (sulfide) groups is 1. The van der Waals surface area contributed by atoms with Gasteiger partial charge in [0.25, 0.3) is 0 Å². The lowest BCUT2D eigenvalue weighted by molar-refractivity contribution is -0.119. The highest BCUT2D eigenvalue weighted by Crippen LogP contribution is 2.24. The van der Waals surface area contributed by atoms with Gasteiger partial charge in [0, 0.05) is 5.69 Å². The molecule has 3 aromatic carbocycles. The van der Waals surface area contributed by atoms with Gasteiger partial charge >= 0.3 is 0 Å². The van der Waals surface area contributed by atoms with Gasteiger partial charge < -0.3 is 5.32 Å². The van der Waals surface area contributed by atoms with Crippen molar-refractivity contribution >= 4 is 17.7 Å². The third-order valence-corrected chi connectivity index (χ3v) is 5.64.